The van der Waals surface area contributed by atoms with Gasteiger partial charge in [0.15, 0.2) is 0 Å². The Morgan fingerprint density at radius 2 is 2.04 bits per heavy atom. The predicted octanol–water partition coefficient (Wildman–Crippen LogP) is 3.62. The maximum Gasteiger partial charge on any atom is 0.221 e. The zero-order chi connectivity index (χ0) is 18.0. The minimum atomic E-state index is -1.40. The first kappa shape index (κ1) is 17.3. The molecule has 0 saturated heterocycles. The van der Waals surface area contributed by atoms with Gasteiger partial charge in [-0.05, 0) is 29.8 Å². The number of pyridine rings is 1. The lowest BCUT2D eigenvalue weighted by Gasteiger charge is -2.03. The Kier molecular flexibility index (Phi) is 4.71. The Bertz CT molecular complexity index is 1010. The molecule has 2 aromatic heterocycles. The van der Waals surface area contributed by atoms with Crippen molar-refractivity contribution in [1.29, 1.82) is 0 Å². The fourth-order valence-electron chi connectivity index (χ4n) is 2.29. The van der Waals surface area contributed by atoms with Crippen molar-refractivity contribution in [3.63, 3.8) is 0 Å². The van der Waals surface area contributed by atoms with E-state index >= 15 is 0 Å². The number of hydrogen-bond donors (Lipinski definition) is 1. The van der Waals surface area contributed by atoms with Gasteiger partial charge in [-0.25, -0.2) is 4.98 Å². The molecule has 0 bridgehead atoms. The van der Waals surface area contributed by atoms with Gasteiger partial charge < -0.3 is 5.73 Å². The number of carbonyl (C=O) groups is 1. The first-order valence-electron chi connectivity index (χ1n) is 7.96. The summed E-state index contributed by atoms with van der Waals surface area (Å²) in [5, 5.41) is 0.879. The normalized spacial score (nSPS) is 11.2. The van der Waals surface area contributed by atoms with Gasteiger partial charge in [0.05, 0.1) is 16.6 Å². The Morgan fingerprint density at radius 3 is 2.76 bits per heavy atom. The molecule has 0 saturated carbocycles. The van der Waals surface area contributed by atoms with Crippen LogP contribution in [-0.2, 0) is 11.2 Å². The standard InChI is InChI=1S/C19H19N3OSSi/c1-25(2,3)7-6-13-4-5-17-16(9-13)22-19(24-17)15-8-14(10-18(20)23)11-21-12-15/h4-5,8-9,11-12H,10H2,1-3H3,(H2,20,23). The number of hydrogen-bond acceptors (Lipinski definition) is 4. The second kappa shape index (κ2) is 6.79. The molecule has 4 nitrogen and oxygen atoms in total. The van der Waals surface area contributed by atoms with E-state index in [1.807, 2.05) is 18.2 Å². The third-order valence-electron chi connectivity index (χ3n) is 3.39. The van der Waals surface area contributed by atoms with Crippen LogP contribution in [0.2, 0.25) is 19.6 Å². The summed E-state index contributed by atoms with van der Waals surface area (Å²) in [7, 11) is -1.40. The number of amides is 1. The highest BCUT2D eigenvalue weighted by molar-refractivity contribution is 7.21. The molecule has 2 N–H and O–H groups in total. The Balaban J connectivity index is 1.96. The Labute approximate surface area is 152 Å². The van der Waals surface area contributed by atoms with E-state index in [1.165, 1.54) is 0 Å². The van der Waals surface area contributed by atoms with Crippen molar-refractivity contribution in [3.8, 4) is 22.0 Å². The summed E-state index contributed by atoms with van der Waals surface area (Å²) in [5.41, 5.74) is 12.3. The number of nitrogens with two attached hydrogens (primary N) is 1. The monoisotopic (exact) mass is 365 g/mol. The molecule has 0 fully saturated rings. The SMILES string of the molecule is C[Si](C)(C)C#Cc1ccc2sc(-c3cncc(CC(N)=O)c3)nc2c1. The average molecular weight is 366 g/mol. The summed E-state index contributed by atoms with van der Waals surface area (Å²) in [6, 6.07) is 8.05. The number of aromatic nitrogens is 2. The van der Waals surface area contributed by atoms with Crippen LogP contribution in [0.3, 0.4) is 0 Å². The highest BCUT2D eigenvalue weighted by Gasteiger charge is 2.10. The van der Waals surface area contributed by atoms with Gasteiger partial charge in [0.2, 0.25) is 5.91 Å². The summed E-state index contributed by atoms with van der Waals surface area (Å²) >= 11 is 1.60. The van der Waals surface area contributed by atoms with Crippen LogP contribution in [0.1, 0.15) is 11.1 Å². The van der Waals surface area contributed by atoms with E-state index in [-0.39, 0.29) is 12.3 Å². The van der Waals surface area contributed by atoms with Gasteiger partial charge in [0.1, 0.15) is 13.1 Å². The molecule has 6 heteroatoms. The first-order valence-corrected chi connectivity index (χ1v) is 12.3. The maximum atomic E-state index is 11.1. The van der Waals surface area contributed by atoms with Crippen LogP contribution in [0.15, 0.2) is 36.7 Å². The number of rotatable bonds is 3. The Hall–Kier alpha value is -2.49. The van der Waals surface area contributed by atoms with Crippen LogP contribution in [0.5, 0.6) is 0 Å². The number of carbonyl (C=O) groups excluding carboxylic acids is 1. The molecule has 0 radical (unpaired) electrons. The maximum absolute atomic E-state index is 11.1. The minimum absolute atomic E-state index is 0.183. The molecular formula is C19H19N3OSSi. The van der Waals surface area contributed by atoms with Gasteiger partial charge in [-0.2, -0.15) is 0 Å². The van der Waals surface area contributed by atoms with E-state index in [4.69, 9.17) is 10.7 Å². The van der Waals surface area contributed by atoms with Crippen LogP contribution in [0, 0.1) is 11.5 Å². The first-order chi connectivity index (χ1) is 11.8. The molecule has 1 amide bonds. The molecule has 0 spiro atoms. The average Bonchev–Trinajstić information content (AvgIpc) is 2.95. The van der Waals surface area contributed by atoms with E-state index in [2.05, 4.69) is 42.2 Å². The number of primary amides is 1. The summed E-state index contributed by atoms with van der Waals surface area (Å²) in [6.45, 7) is 6.68. The zero-order valence-corrected chi connectivity index (χ0v) is 16.3. The van der Waals surface area contributed by atoms with Gasteiger partial charge >= 0.3 is 0 Å². The van der Waals surface area contributed by atoms with E-state index < -0.39 is 8.07 Å². The molecule has 0 atom stereocenters. The van der Waals surface area contributed by atoms with E-state index in [9.17, 15) is 4.79 Å². The molecule has 2 heterocycles. The lowest BCUT2D eigenvalue weighted by Crippen LogP contribution is -2.16. The number of benzene rings is 1. The van der Waals surface area contributed by atoms with E-state index in [1.54, 1.807) is 23.7 Å². The third-order valence-corrected chi connectivity index (χ3v) is 5.35. The molecule has 0 aliphatic rings. The van der Waals surface area contributed by atoms with E-state index in [0.717, 1.165) is 31.9 Å². The van der Waals surface area contributed by atoms with E-state index in [0.29, 0.717) is 0 Å². The fraction of sp³-hybridized carbons (Fsp3) is 0.211. The van der Waals surface area contributed by atoms with Crippen LogP contribution in [0.25, 0.3) is 20.8 Å². The second-order valence-electron chi connectivity index (χ2n) is 6.93. The molecule has 0 aliphatic heterocycles. The van der Waals surface area contributed by atoms with Gasteiger partial charge in [-0.1, -0.05) is 25.6 Å². The molecule has 3 aromatic rings. The quantitative estimate of drug-likeness (QED) is 0.569. The van der Waals surface area contributed by atoms with Crippen molar-refractivity contribution in [1.82, 2.24) is 9.97 Å². The lowest BCUT2D eigenvalue weighted by atomic mass is 10.1. The fourth-order valence-corrected chi connectivity index (χ4v) is 3.74. The molecule has 0 aliphatic carbocycles. The lowest BCUT2D eigenvalue weighted by molar-refractivity contribution is -0.117. The smallest absolute Gasteiger partial charge is 0.221 e. The molecule has 25 heavy (non-hydrogen) atoms. The van der Waals surface area contributed by atoms with Crippen molar-refractivity contribution in [3.05, 3.63) is 47.8 Å². The van der Waals surface area contributed by atoms with Gasteiger partial charge in [0, 0.05) is 23.5 Å². The molecule has 3 rings (SSSR count). The summed E-state index contributed by atoms with van der Waals surface area (Å²) in [5.74, 6) is 2.90. The topological polar surface area (TPSA) is 68.9 Å². The van der Waals surface area contributed by atoms with Crippen LogP contribution >= 0.6 is 11.3 Å². The van der Waals surface area contributed by atoms with Crippen molar-refractivity contribution in [2.75, 3.05) is 0 Å². The molecule has 126 valence electrons. The Morgan fingerprint density at radius 1 is 1.24 bits per heavy atom. The minimum Gasteiger partial charge on any atom is -0.369 e. The van der Waals surface area contributed by atoms with Crippen molar-refractivity contribution in [2.45, 2.75) is 26.1 Å². The van der Waals surface area contributed by atoms with Crippen LogP contribution in [0.4, 0.5) is 0 Å². The largest absolute Gasteiger partial charge is 0.369 e. The zero-order valence-electron chi connectivity index (χ0n) is 14.5. The van der Waals surface area contributed by atoms with Gasteiger partial charge in [0.25, 0.3) is 0 Å². The van der Waals surface area contributed by atoms with Crippen LogP contribution < -0.4 is 5.73 Å². The number of fused-ring (bicyclic) bond motifs is 1. The molecular weight excluding hydrogens is 346 g/mol. The van der Waals surface area contributed by atoms with Crippen molar-refractivity contribution >= 4 is 35.5 Å². The molecule has 1 aromatic carbocycles. The highest BCUT2D eigenvalue weighted by Crippen LogP contribution is 2.30. The van der Waals surface area contributed by atoms with Gasteiger partial charge in [-0.3, -0.25) is 9.78 Å². The summed E-state index contributed by atoms with van der Waals surface area (Å²) in [6.07, 6.45) is 3.60. The van der Waals surface area contributed by atoms with Crippen molar-refractivity contribution in [2.24, 2.45) is 5.73 Å². The number of thiazole rings is 1. The second-order valence-corrected chi connectivity index (χ2v) is 12.7. The summed E-state index contributed by atoms with van der Waals surface area (Å²) in [4.78, 5) is 20.0. The van der Waals surface area contributed by atoms with Crippen LogP contribution in [-0.4, -0.2) is 23.9 Å². The van der Waals surface area contributed by atoms with Crippen molar-refractivity contribution < 1.29 is 4.79 Å². The third kappa shape index (κ3) is 4.53. The summed E-state index contributed by atoms with van der Waals surface area (Å²) < 4.78 is 1.11. The highest BCUT2D eigenvalue weighted by atomic mass is 32.1. The predicted molar refractivity (Wildman–Crippen MR) is 106 cm³/mol. The number of nitrogens with zero attached hydrogens (tertiary/aromatic N) is 2. The molecule has 0 unspecified atom stereocenters. The van der Waals surface area contributed by atoms with Gasteiger partial charge in [-0.15, -0.1) is 16.9 Å².